The largest absolute Gasteiger partial charge is 0.484 e. The molecule has 134 valence electrons. The van der Waals surface area contributed by atoms with E-state index in [0.29, 0.717) is 13.1 Å². The highest BCUT2D eigenvalue weighted by Crippen LogP contribution is 2.31. The summed E-state index contributed by atoms with van der Waals surface area (Å²) in [6, 6.07) is 13.5. The van der Waals surface area contributed by atoms with E-state index in [9.17, 15) is 4.79 Å². The SMILES string of the molecule is O=C(COc1ccccc1)N1CCN(c2nnc(-c3cccs3)s2)CC1. The first kappa shape index (κ1) is 17.0. The number of amides is 1. The molecule has 3 aromatic rings. The first-order chi connectivity index (χ1) is 12.8. The van der Waals surface area contributed by atoms with E-state index >= 15 is 0 Å². The van der Waals surface area contributed by atoms with Crippen LogP contribution in [0.5, 0.6) is 5.75 Å². The third-order valence-corrected chi connectivity index (χ3v) is 6.18. The molecule has 1 saturated heterocycles. The number of benzene rings is 1. The Bertz CT molecular complexity index is 843. The molecule has 2 aromatic heterocycles. The summed E-state index contributed by atoms with van der Waals surface area (Å²) in [5.74, 6) is 0.736. The van der Waals surface area contributed by atoms with E-state index in [1.54, 1.807) is 22.7 Å². The lowest BCUT2D eigenvalue weighted by molar-refractivity contribution is -0.133. The number of anilines is 1. The Morgan fingerprint density at radius 3 is 2.58 bits per heavy atom. The van der Waals surface area contributed by atoms with E-state index in [0.717, 1.165) is 33.9 Å². The van der Waals surface area contributed by atoms with E-state index in [4.69, 9.17) is 4.74 Å². The molecular weight excluding hydrogens is 368 g/mol. The van der Waals surface area contributed by atoms with Crippen LogP contribution in [0.4, 0.5) is 5.13 Å². The van der Waals surface area contributed by atoms with Crippen LogP contribution in [0.1, 0.15) is 0 Å². The lowest BCUT2D eigenvalue weighted by Gasteiger charge is -2.34. The third kappa shape index (κ3) is 3.86. The van der Waals surface area contributed by atoms with Crippen molar-refractivity contribution in [3.8, 4) is 15.6 Å². The van der Waals surface area contributed by atoms with Gasteiger partial charge < -0.3 is 14.5 Å². The molecule has 1 aliphatic rings. The molecule has 0 saturated carbocycles. The minimum absolute atomic E-state index is 0.0186. The second-order valence-corrected chi connectivity index (χ2v) is 7.74. The number of piperazine rings is 1. The Morgan fingerprint density at radius 1 is 1.04 bits per heavy atom. The molecule has 3 heterocycles. The summed E-state index contributed by atoms with van der Waals surface area (Å²) in [5.41, 5.74) is 0. The zero-order valence-corrected chi connectivity index (χ0v) is 15.7. The number of carbonyl (C=O) groups excluding carboxylic acids is 1. The molecule has 6 nitrogen and oxygen atoms in total. The van der Waals surface area contributed by atoms with Crippen LogP contribution in [0.25, 0.3) is 9.88 Å². The normalized spacial score (nSPS) is 14.5. The van der Waals surface area contributed by atoms with Crippen LogP contribution in [-0.2, 0) is 4.79 Å². The third-order valence-electron chi connectivity index (χ3n) is 4.15. The van der Waals surface area contributed by atoms with Gasteiger partial charge in [-0.05, 0) is 23.6 Å². The molecule has 4 rings (SSSR count). The van der Waals surface area contributed by atoms with Crippen molar-refractivity contribution in [2.24, 2.45) is 0 Å². The summed E-state index contributed by atoms with van der Waals surface area (Å²) >= 11 is 3.27. The van der Waals surface area contributed by atoms with Crippen LogP contribution in [0, 0.1) is 0 Å². The Hall–Kier alpha value is -2.45. The zero-order chi connectivity index (χ0) is 17.8. The number of para-hydroxylation sites is 1. The molecule has 0 N–H and O–H groups in total. The maximum Gasteiger partial charge on any atom is 0.260 e. The predicted octanol–water partition coefficient (Wildman–Crippen LogP) is 2.99. The molecule has 0 unspecified atom stereocenters. The molecule has 0 aliphatic carbocycles. The number of hydrogen-bond acceptors (Lipinski definition) is 7. The number of hydrogen-bond donors (Lipinski definition) is 0. The number of aromatic nitrogens is 2. The van der Waals surface area contributed by atoms with Gasteiger partial charge in [-0.15, -0.1) is 21.5 Å². The Morgan fingerprint density at radius 2 is 1.85 bits per heavy atom. The van der Waals surface area contributed by atoms with Crippen molar-refractivity contribution in [3.05, 3.63) is 47.8 Å². The van der Waals surface area contributed by atoms with Crippen LogP contribution < -0.4 is 9.64 Å². The molecule has 26 heavy (non-hydrogen) atoms. The average Bonchev–Trinajstić information content (AvgIpc) is 3.38. The van der Waals surface area contributed by atoms with Crippen molar-refractivity contribution in [2.45, 2.75) is 0 Å². The highest BCUT2D eigenvalue weighted by Gasteiger charge is 2.23. The fourth-order valence-corrected chi connectivity index (χ4v) is 4.43. The molecule has 0 spiro atoms. The van der Waals surface area contributed by atoms with E-state index < -0.39 is 0 Å². The molecular formula is C18H18N4O2S2. The number of ether oxygens (including phenoxy) is 1. The fraction of sp³-hybridized carbons (Fsp3) is 0.278. The van der Waals surface area contributed by atoms with Crippen LogP contribution >= 0.6 is 22.7 Å². The van der Waals surface area contributed by atoms with Gasteiger partial charge in [0.25, 0.3) is 5.91 Å². The summed E-state index contributed by atoms with van der Waals surface area (Å²) < 4.78 is 5.55. The van der Waals surface area contributed by atoms with Gasteiger partial charge in [0.1, 0.15) is 5.75 Å². The quantitative estimate of drug-likeness (QED) is 0.675. The monoisotopic (exact) mass is 386 g/mol. The van der Waals surface area contributed by atoms with Gasteiger partial charge in [-0.1, -0.05) is 35.6 Å². The predicted molar refractivity (Wildman–Crippen MR) is 104 cm³/mol. The first-order valence-corrected chi connectivity index (χ1v) is 10.1. The van der Waals surface area contributed by atoms with Crippen molar-refractivity contribution in [1.82, 2.24) is 15.1 Å². The molecule has 0 radical (unpaired) electrons. The Balaban J connectivity index is 1.29. The van der Waals surface area contributed by atoms with Crippen LogP contribution in [-0.4, -0.2) is 53.8 Å². The maximum atomic E-state index is 12.3. The van der Waals surface area contributed by atoms with Gasteiger partial charge >= 0.3 is 0 Å². The van der Waals surface area contributed by atoms with E-state index in [2.05, 4.69) is 21.2 Å². The Kier molecular flexibility index (Phi) is 5.12. The minimum Gasteiger partial charge on any atom is -0.484 e. The van der Waals surface area contributed by atoms with Crippen LogP contribution in [0.2, 0.25) is 0 Å². The number of carbonyl (C=O) groups is 1. The van der Waals surface area contributed by atoms with Gasteiger partial charge in [0.05, 0.1) is 4.88 Å². The van der Waals surface area contributed by atoms with Crippen molar-refractivity contribution >= 4 is 33.7 Å². The number of nitrogens with zero attached hydrogens (tertiary/aromatic N) is 4. The number of thiophene rings is 1. The lowest BCUT2D eigenvalue weighted by atomic mass is 10.3. The molecule has 1 aliphatic heterocycles. The van der Waals surface area contributed by atoms with Crippen molar-refractivity contribution < 1.29 is 9.53 Å². The van der Waals surface area contributed by atoms with Crippen LogP contribution in [0.3, 0.4) is 0 Å². The summed E-state index contributed by atoms with van der Waals surface area (Å²) in [7, 11) is 0. The molecule has 0 atom stereocenters. The topological polar surface area (TPSA) is 58.6 Å². The lowest BCUT2D eigenvalue weighted by Crippen LogP contribution is -2.50. The number of rotatable bonds is 5. The summed E-state index contributed by atoms with van der Waals surface area (Å²) in [6.07, 6.45) is 0. The van der Waals surface area contributed by atoms with Crippen molar-refractivity contribution in [3.63, 3.8) is 0 Å². The zero-order valence-electron chi connectivity index (χ0n) is 14.1. The van der Waals surface area contributed by atoms with Gasteiger partial charge in [0.15, 0.2) is 11.6 Å². The van der Waals surface area contributed by atoms with Gasteiger partial charge in [-0.25, -0.2) is 0 Å². The average molecular weight is 387 g/mol. The smallest absolute Gasteiger partial charge is 0.260 e. The summed E-state index contributed by atoms with van der Waals surface area (Å²) in [6.45, 7) is 2.94. The van der Waals surface area contributed by atoms with Gasteiger partial charge in [0.2, 0.25) is 5.13 Å². The van der Waals surface area contributed by atoms with Gasteiger partial charge in [0, 0.05) is 26.2 Å². The molecule has 1 fully saturated rings. The second-order valence-electron chi connectivity index (χ2n) is 5.84. The van der Waals surface area contributed by atoms with Gasteiger partial charge in [-0.3, -0.25) is 4.79 Å². The van der Waals surface area contributed by atoms with Crippen molar-refractivity contribution in [1.29, 1.82) is 0 Å². The highest BCUT2D eigenvalue weighted by molar-refractivity contribution is 7.22. The molecule has 1 aromatic carbocycles. The van der Waals surface area contributed by atoms with Crippen LogP contribution in [0.15, 0.2) is 47.8 Å². The minimum atomic E-state index is 0.0186. The maximum absolute atomic E-state index is 12.3. The van der Waals surface area contributed by atoms with Crippen molar-refractivity contribution in [2.75, 3.05) is 37.7 Å². The highest BCUT2D eigenvalue weighted by atomic mass is 32.1. The second kappa shape index (κ2) is 7.84. The van der Waals surface area contributed by atoms with E-state index in [-0.39, 0.29) is 12.5 Å². The molecule has 1 amide bonds. The van der Waals surface area contributed by atoms with Gasteiger partial charge in [-0.2, -0.15) is 0 Å². The summed E-state index contributed by atoms with van der Waals surface area (Å²) in [5, 5.41) is 12.5. The Labute approximate surface area is 159 Å². The summed E-state index contributed by atoms with van der Waals surface area (Å²) in [4.78, 5) is 17.5. The molecule has 0 bridgehead atoms. The first-order valence-electron chi connectivity index (χ1n) is 8.37. The molecule has 8 heteroatoms. The van der Waals surface area contributed by atoms with E-state index in [1.165, 1.54) is 0 Å². The van der Waals surface area contributed by atoms with E-state index in [1.807, 2.05) is 46.7 Å². The fourth-order valence-electron chi connectivity index (χ4n) is 2.74. The standard InChI is InChI=1S/C18H18N4O2S2/c23-16(13-24-14-5-2-1-3-6-14)21-8-10-22(11-9-21)18-20-19-17(26-18)15-7-4-12-25-15/h1-7,12H,8-11,13H2.